The number of likely N-dealkylation sites (tertiary alicyclic amines) is 1. The van der Waals surface area contributed by atoms with Gasteiger partial charge in [-0.05, 0) is 45.7 Å². The first-order valence-corrected chi connectivity index (χ1v) is 9.52. The molecule has 0 saturated carbocycles. The van der Waals surface area contributed by atoms with E-state index in [4.69, 9.17) is 9.47 Å². The Hall–Kier alpha value is -0.650. The zero-order valence-electron chi connectivity index (χ0n) is 15.9. The summed E-state index contributed by atoms with van der Waals surface area (Å²) < 4.78 is 11.1. The number of nitrogens with one attached hydrogen (secondary N) is 1. The van der Waals surface area contributed by atoms with Gasteiger partial charge < -0.3 is 14.8 Å². The lowest BCUT2D eigenvalue weighted by Gasteiger charge is -2.34. The minimum Gasteiger partial charge on any atom is -0.465 e. The van der Waals surface area contributed by atoms with Crippen LogP contribution in [0.25, 0.3) is 0 Å². The number of ether oxygens (including phenoxy) is 2. The van der Waals surface area contributed by atoms with Gasteiger partial charge in [0.2, 0.25) is 0 Å². The Morgan fingerprint density at radius 2 is 1.52 bits per heavy atom. The van der Waals surface area contributed by atoms with E-state index in [9.17, 15) is 4.79 Å². The van der Waals surface area contributed by atoms with Crippen LogP contribution in [-0.4, -0.2) is 62.4 Å². The van der Waals surface area contributed by atoms with Crippen LogP contribution in [0.3, 0.4) is 0 Å². The number of nitrogens with zero attached hydrogens (tertiary/aromatic N) is 1. The second kappa shape index (κ2) is 14.9. The highest BCUT2D eigenvalue weighted by Gasteiger charge is 2.24. The zero-order valence-corrected chi connectivity index (χ0v) is 15.9. The van der Waals surface area contributed by atoms with E-state index in [-0.39, 0.29) is 5.97 Å². The maximum atomic E-state index is 11.4. The lowest BCUT2D eigenvalue weighted by Crippen LogP contribution is -2.42. The number of carbonyl (C=O) groups excluding carboxylic acids is 1. The second-order valence-corrected chi connectivity index (χ2v) is 5.37. The van der Waals surface area contributed by atoms with Crippen molar-refractivity contribution >= 4 is 5.97 Å². The summed E-state index contributed by atoms with van der Waals surface area (Å²) in [5.41, 5.74) is 0. The van der Waals surface area contributed by atoms with Gasteiger partial charge in [0, 0.05) is 13.1 Å². The summed E-state index contributed by atoms with van der Waals surface area (Å²) in [5.74, 6) is -0.111. The fraction of sp³-hybridized carbons (Fsp3) is 0.944. The van der Waals surface area contributed by atoms with Crippen molar-refractivity contribution in [2.75, 3.05) is 39.3 Å². The van der Waals surface area contributed by atoms with Gasteiger partial charge in [0.25, 0.3) is 0 Å². The van der Waals surface area contributed by atoms with Gasteiger partial charge in [0.15, 0.2) is 0 Å². The molecule has 138 valence electrons. The van der Waals surface area contributed by atoms with Crippen LogP contribution in [0.2, 0.25) is 0 Å². The van der Waals surface area contributed by atoms with Crippen molar-refractivity contribution in [1.29, 1.82) is 0 Å². The number of hydrogen-bond acceptors (Lipinski definition) is 5. The molecule has 2 fully saturated rings. The molecular weight excluding hydrogens is 292 g/mol. The Balaban J connectivity index is 0.00000112. The molecule has 23 heavy (non-hydrogen) atoms. The SMILES string of the molecule is CC.CC.CCOC(=O)CN1CCC(OC2CCNCC2)CC1. The lowest BCUT2D eigenvalue weighted by molar-refractivity contribution is -0.145. The van der Waals surface area contributed by atoms with E-state index in [1.54, 1.807) is 0 Å². The third-order valence-electron chi connectivity index (χ3n) is 3.86. The van der Waals surface area contributed by atoms with Crippen molar-refractivity contribution < 1.29 is 14.3 Å². The lowest BCUT2D eigenvalue weighted by atomic mass is 10.1. The number of hydrogen-bond donors (Lipinski definition) is 1. The maximum Gasteiger partial charge on any atom is 0.320 e. The Kier molecular flexibility index (Phi) is 14.5. The topological polar surface area (TPSA) is 50.8 Å². The first-order valence-electron chi connectivity index (χ1n) is 9.52. The minimum absolute atomic E-state index is 0.111. The maximum absolute atomic E-state index is 11.4. The largest absolute Gasteiger partial charge is 0.465 e. The molecule has 1 N–H and O–H groups in total. The van der Waals surface area contributed by atoms with Crippen LogP contribution >= 0.6 is 0 Å². The van der Waals surface area contributed by atoms with Crippen molar-refractivity contribution in [2.24, 2.45) is 0 Å². The molecule has 2 aliphatic rings. The Bertz CT molecular complexity index is 273. The summed E-state index contributed by atoms with van der Waals surface area (Å²) in [6.45, 7) is 14.8. The fourth-order valence-electron chi connectivity index (χ4n) is 2.80. The molecule has 0 aromatic rings. The van der Waals surface area contributed by atoms with Crippen LogP contribution in [0.5, 0.6) is 0 Å². The molecule has 0 aromatic carbocycles. The molecule has 2 saturated heterocycles. The molecule has 0 radical (unpaired) electrons. The smallest absolute Gasteiger partial charge is 0.320 e. The molecule has 0 aliphatic carbocycles. The van der Waals surface area contributed by atoms with Crippen molar-refractivity contribution in [1.82, 2.24) is 10.2 Å². The molecule has 0 amide bonds. The van der Waals surface area contributed by atoms with Gasteiger partial charge in [-0.1, -0.05) is 27.7 Å². The average Bonchev–Trinajstić information content (AvgIpc) is 2.61. The van der Waals surface area contributed by atoms with Gasteiger partial charge >= 0.3 is 5.97 Å². The van der Waals surface area contributed by atoms with Gasteiger partial charge in [-0.2, -0.15) is 0 Å². The summed E-state index contributed by atoms with van der Waals surface area (Å²) in [7, 11) is 0. The number of carbonyl (C=O) groups is 1. The van der Waals surface area contributed by atoms with E-state index in [0.717, 1.165) is 51.9 Å². The fourth-order valence-corrected chi connectivity index (χ4v) is 2.80. The van der Waals surface area contributed by atoms with E-state index >= 15 is 0 Å². The minimum atomic E-state index is -0.111. The van der Waals surface area contributed by atoms with Crippen LogP contribution in [0.4, 0.5) is 0 Å². The first kappa shape index (κ1) is 22.4. The van der Waals surface area contributed by atoms with Gasteiger partial charge in [0.1, 0.15) is 0 Å². The van der Waals surface area contributed by atoms with E-state index in [1.807, 2.05) is 34.6 Å². The van der Waals surface area contributed by atoms with Crippen LogP contribution in [0.15, 0.2) is 0 Å². The number of esters is 1. The van der Waals surface area contributed by atoms with Gasteiger partial charge in [-0.15, -0.1) is 0 Å². The first-order chi connectivity index (χ1) is 11.3. The van der Waals surface area contributed by atoms with Crippen LogP contribution in [0.1, 0.15) is 60.3 Å². The summed E-state index contributed by atoms with van der Waals surface area (Å²) in [5, 5.41) is 3.35. The molecule has 0 bridgehead atoms. The van der Waals surface area contributed by atoms with Crippen LogP contribution in [-0.2, 0) is 14.3 Å². The molecule has 5 heteroatoms. The highest BCUT2D eigenvalue weighted by molar-refractivity contribution is 5.71. The predicted molar refractivity (Wildman–Crippen MR) is 95.8 cm³/mol. The Morgan fingerprint density at radius 3 is 2.04 bits per heavy atom. The van der Waals surface area contributed by atoms with Gasteiger partial charge in [-0.25, -0.2) is 0 Å². The highest BCUT2D eigenvalue weighted by Crippen LogP contribution is 2.18. The molecule has 0 aromatic heterocycles. The van der Waals surface area contributed by atoms with Crippen molar-refractivity contribution in [3.63, 3.8) is 0 Å². The predicted octanol–water partition coefficient (Wildman–Crippen LogP) is 2.83. The van der Waals surface area contributed by atoms with E-state index in [0.29, 0.717) is 25.4 Å². The van der Waals surface area contributed by atoms with E-state index in [2.05, 4.69) is 10.2 Å². The average molecular weight is 331 g/mol. The van der Waals surface area contributed by atoms with E-state index in [1.165, 1.54) is 0 Å². The Labute approximate surface area is 143 Å². The van der Waals surface area contributed by atoms with Crippen LogP contribution < -0.4 is 5.32 Å². The van der Waals surface area contributed by atoms with Crippen molar-refractivity contribution in [3.8, 4) is 0 Å². The third kappa shape index (κ3) is 9.95. The van der Waals surface area contributed by atoms with Crippen molar-refractivity contribution in [3.05, 3.63) is 0 Å². The molecular formula is C18H38N2O3. The molecule has 0 atom stereocenters. The quantitative estimate of drug-likeness (QED) is 0.786. The van der Waals surface area contributed by atoms with E-state index < -0.39 is 0 Å². The number of rotatable bonds is 5. The molecule has 2 rings (SSSR count). The normalized spacial score (nSPS) is 19.9. The monoisotopic (exact) mass is 330 g/mol. The standard InChI is InChI=1S/C14H26N2O3.2C2H6/c1-2-18-14(17)11-16-9-5-13(6-10-16)19-12-3-7-15-8-4-12;2*1-2/h12-13,15H,2-11H2,1H3;2*1-2H3. The molecule has 2 aliphatic heterocycles. The molecule has 5 nitrogen and oxygen atoms in total. The third-order valence-corrected chi connectivity index (χ3v) is 3.86. The molecule has 0 unspecified atom stereocenters. The molecule has 2 heterocycles. The number of piperidine rings is 2. The Morgan fingerprint density at radius 1 is 1.00 bits per heavy atom. The molecule has 0 spiro atoms. The zero-order chi connectivity index (χ0) is 17.5. The second-order valence-electron chi connectivity index (χ2n) is 5.37. The summed E-state index contributed by atoms with van der Waals surface area (Å²) >= 11 is 0. The summed E-state index contributed by atoms with van der Waals surface area (Å²) in [6.07, 6.45) is 5.13. The van der Waals surface area contributed by atoms with Gasteiger partial charge in [-0.3, -0.25) is 9.69 Å². The van der Waals surface area contributed by atoms with Crippen LogP contribution in [0, 0.1) is 0 Å². The summed E-state index contributed by atoms with van der Waals surface area (Å²) in [4.78, 5) is 13.6. The van der Waals surface area contributed by atoms with Gasteiger partial charge in [0.05, 0.1) is 25.4 Å². The highest BCUT2D eigenvalue weighted by atomic mass is 16.5. The van der Waals surface area contributed by atoms with Crippen molar-refractivity contribution in [2.45, 2.75) is 72.5 Å². The summed E-state index contributed by atoms with van der Waals surface area (Å²) in [6, 6.07) is 0.